The summed E-state index contributed by atoms with van der Waals surface area (Å²) in [6.45, 7) is 1.66. The molecule has 21 heavy (non-hydrogen) atoms. The van der Waals surface area contributed by atoms with E-state index in [1.807, 2.05) is 18.2 Å². The average molecular weight is 324 g/mol. The number of nitrogens with zero attached hydrogens (tertiary/aromatic N) is 3. The predicted molar refractivity (Wildman–Crippen MR) is 78.4 cm³/mol. The van der Waals surface area contributed by atoms with Crippen LogP contribution >= 0.6 is 23.2 Å². The fourth-order valence-corrected chi connectivity index (χ4v) is 2.35. The summed E-state index contributed by atoms with van der Waals surface area (Å²) in [4.78, 5) is 11.8. The van der Waals surface area contributed by atoms with Gasteiger partial charge in [-0.15, -0.1) is 0 Å². The monoisotopic (exact) mass is 323 g/mol. The number of nitriles is 1. The molecule has 0 saturated heterocycles. The molecule has 0 bridgehead atoms. The SMILES string of the molecule is Cc1nn(Cc2ccccc2Cl)c(Cl)c1C(=O)OCC#N. The van der Waals surface area contributed by atoms with Gasteiger partial charge in [0, 0.05) is 5.02 Å². The lowest BCUT2D eigenvalue weighted by Gasteiger charge is -2.05. The number of rotatable bonds is 4. The van der Waals surface area contributed by atoms with E-state index < -0.39 is 5.97 Å². The zero-order valence-corrected chi connectivity index (χ0v) is 12.6. The van der Waals surface area contributed by atoms with Gasteiger partial charge >= 0.3 is 5.97 Å². The third-order valence-corrected chi connectivity index (χ3v) is 3.57. The van der Waals surface area contributed by atoms with E-state index >= 15 is 0 Å². The van der Waals surface area contributed by atoms with E-state index in [1.54, 1.807) is 19.1 Å². The fraction of sp³-hybridized carbons (Fsp3) is 0.214. The van der Waals surface area contributed by atoms with Crippen LogP contribution in [0.15, 0.2) is 24.3 Å². The van der Waals surface area contributed by atoms with Crippen molar-refractivity contribution in [3.05, 3.63) is 51.3 Å². The molecule has 0 saturated carbocycles. The third-order valence-electron chi connectivity index (χ3n) is 2.82. The molecule has 0 atom stereocenters. The van der Waals surface area contributed by atoms with Gasteiger partial charge in [0.2, 0.25) is 0 Å². The minimum atomic E-state index is -0.663. The van der Waals surface area contributed by atoms with Crippen LogP contribution in [0.25, 0.3) is 0 Å². The number of hydrogen-bond acceptors (Lipinski definition) is 4. The van der Waals surface area contributed by atoms with Crippen molar-refractivity contribution < 1.29 is 9.53 Å². The summed E-state index contributed by atoms with van der Waals surface area (Å²) in [6.07, 6.45) is 0. The van der Waals surface area contributed by atoms with Gasteiger partial charge in [0.25, 0.3) is 0 Å². The molecule has 0 unspecified atom stereocenters. The van der Waals surface area contributed by atoms with Crippen LogP contribution in [0.3, 0.4) is 0 Å². The maximum absolute atomic E-state index is 11.8. The number of esters is 1. The van der Waals surface area contributed by atoms with Gasteiger partial charge in [0.15, 0.2) is 6.61 Å². The molecule has 0 aliphatic carbocycles. The second-order valence-corrected chi connectivity index (χ2v) is 5.00. The highest BCUT2D eigenvalue weighted by molar-refractivity contribution is 6.33. The van der Waals surface area contributed by atoms with Crippen LogP contribution in [-0.4, -0.2) is 22.4 Å². The zero-order chi connectivity index (χ0) is 15.4. The second kappa shape index (κ2) is 6.61. The molecular weight excluding hydrogens is 313 g/mol. The third kappa shape index (κ3) is 3.35. The number of carbonyl (C=O) groups is 1. The van der Waals surface area contributed by atoms with Crippen LogP contribution in [0.4, 0.5) is 0 Å². The Hall–Kier alpha value is -2.03. The molecule has 5 nitrogen and oxygen atoms in total. The van der Waals surface area contributed by atoms with E-state index in [4.69, 9.17) is 33.2 Å². The van der Waals surface area contributed by atoms with Crippen LogP contribution in [0.2, 0.25) is 10.2 Å². The first-order valence-corrected chi connectivity index (χ1v) is 6.80. The van der Waals surface area contributed by atoms with Crippen molar-refractivity contribution in [1.82, 2.24) is 9.78 Å². The van der Waals surface area contributed by atoms with Gasteiger partial charge in [-0.2, -0.15) is 10.4 Å². The minimum absolute atomic E-state index is 0.162. The largest absolute Gasteiger partial charge is 0.447 e. The van der Waals surface area contributed by atoms with E-state index in [-0.39, 0.29) is 17.3 Å². The van der Waals surface area contributed by atoms with E-state index in [0.29, 0.717) is 17.3 Å². The fourth-order valence-electron chi connectivity index (χ4n) is 1.85. The Bertz CT molecular complexity index is 719. The molecular formula is C14H11Cl2N3O2. The summed E-state index contributed by atoms with van der Waals surface area (Å²) >= 11 is 12.3. The highest BCUT2D eigenvalue weighted by Gasteiger charge is 2.22. The number of halogens is 2. The molecule has 1 heterocycles. The van der Waals surface area contributed by atoms with Crippen molar-refractivity contribution in [2.24, 2.45) is 0 Å². The van der Waals surface area contributed by atoms with Crippen LogP contribution < -0.4 is 0 Å². The summed E-state index contributed by atoms with van der Waals surface area (Å²) in [7, 11) is 0. The Morgan fingerprint density at radius 2 is 2.14 bits per heavy atom. The Labute approximate surface area is 131 Å². The second-order valence-electron chi connectivity index (χ2n) is 4.23. The van der Waals surface area contributed by atoms with Crippen LogP contribution in [-0.2, 0) is 11.3 Å². The number of hydrogen-bond donors (Lipinski definition) is 0. The smallest absolute Gasteiger partial charge is 0.344 e. The first-order chi connectivity index (χ1) is 10.0. The Morgan fingerprint density at radius 3 is 2.81 bits per heavy atom. The maximum Gasteiger partial charge on any atom is 0.344 e. The van der Waals surface area contributed by atoms with Crippen molar-refractivity contribution in [3.63, 3.8) is 0 Å². The van der Waals surface area contributed by atoms with Gasteiger partial charge < -0.3 is 4.74 Å². The molecule has 0 aliphatic rings. The molecule has 0 spiro atoms. The quantitative estimate of drug-likeness (QED) is 0.810. The summed E-state index contributed by atoms with van der Waals surface area (Å²) in [5, 5.41) is 13.4. The maximum atomic E-state index is 11.8. The summed E-state index contributed by atoms with van der Waals surface area (Å²) in [5.41, 5.74) is 1.44. The molecule has 1 aromatic carbocycles. The van der Waals surface area contributed by atoms with E-state index in [1.165, 1.54) is 4.68 Å². The molecule has 2 aromatic rings. The number of ether oxygens (including phenoxy) is 1. The van der Waals surface area contributed by atoms with E-state index in [2.05, 4.69) is 5.10 Å². The lowest BCUT2D eigenvalue weighted by molar-refractivity contribution is 0.0554. The highest BCUT2D eigenvalue weighted by Crippen LogP contribution is 2.23. The van der Waals surface area contributed by atoms with Crippen molar-refractivity contribution >= 4 is 29.2 Å². The average Bonchev–Trinajstić information content (AvgIpc) is 2.73. The van der Waals surface area contributed by atoms with Crippen LogP contribution in [0.5, 0.6) is 0 Å². The van der Waals surface area contributed by atoms with Gasteiger partial charge in [-0.05, 0) is 18.6 Å². The standard InChI is InChI=1S/C14H11Cl2N3O2/c1-9-12(14(20)21-7-6-17)13(16)19(18-9)8-10-4-2-3-5-11(10)15/h2-5H,7-8H2,1H3. The molecule has 0 N–H and O–H groups in total. The van der Waals surface area contributed by atoms with Gasteiger partial charge in [0.1, 0.15) is 16.8 Å². The van der Waals surface area contributed by atoms with Crippen LogP contribution in [0, 0.1) is 18.3 Å². The Kier molecular flexibility index (Phi) is 4.84. The van der Waals surface area contributed by atoms with Crippen molar-refractivity contribution in [1.29, 1.82) is 5.26 Å². The molecule has 0 amide bonds. The summed E-state index contributed by atoms with van der Waals surface area (Å²) < 4.78 is 6.24. The first-order valence-electron chi connectivity index (χ1n) is 6.05. The van der Waals surface area contributed by atoms with Gasteiger partial charge in [-0.3, -0.25) is 0 Å². The molecule has 0 aliphatic heterocycles. The summed E-state index contributed by atoms with van der Waals surface area (Å²) in [6, 6.07) is 9.03. The van der Waals surface area contributed by atoms with E-state index in [0.717, 1.165) is 5.56 Å². The normalized spacial score (nSPS) is 10.2. The first kappa shape index (κ1) is 15.4. The van der Waals surface area contributed by atoms with Gasteiger partial charge in [-0.25, -0.2) is 9.48 Å². The molecule has 7 heteroatoms. The highest BCUT2D eigenvalue weighted by atomic mass is 35.5. The summed E-state index contributed by atoms with van der Waals surface area (Å²) in [5.74, 6) is -0.663. The van der Waals surface area contributed by atoms with Crippen molar-refractivity contribution in [3.8, 4) is 6.07 Å². The van der Waals surface area contributed by atoms with E-state index in [9.17, 15) is 4.79 Å². The van der Waals surface area contributed by atoms with Gasteiger partial charge in [0.05, 0.1) is 12.2 Å². The van der Waals surface area contributed by atoms with Crippen molar-refractivity contribution in [2.75, 3.05) is 6.61 Å². The van der Waals surface area contributed by atoms with Crippen LogP contribution in [0.1, 0.15) is 21.6 Å². The Morgan fingerprint density at radius 1 is 1.43 bits per heavy atom. The minimum Gasteiger partial charge on any atom is -0.447 e. The predicted octanol–water partition coefficient (Wildman–Crippen LogP) is 3.23. The van der Waals surface area contributed by atoms with Crippen molar-refractivity contribution in [2.45, 2.75) is 13.5 Å². The van der Waals surface area contributed by atoms with Gasteiger partial charge in [-0.1, -0.05) is 41.4 Å². The lowest BCUT2D eigenvalue weighted by Crippen LogP contribution is -2.07. The molecule has 2 rings (SSSR count). The number of benzene rings is 1. The molecule has 0 fully saturated rings. The number of aromatic nitrogens is 2. The zero-order valence-electron chi connectivity index (χ0n) is 11.1. The topological polar surface area (TPSA) is 67.9 Å². The number of aryl methyl sites for hydroxylation is 1. The molecule has 1 aromatic heterocycles. The molecule has 108 valence electrons. The number of carbonyl (C=O) groups excluding carboxylic acids is 1. The Balaban J connectivity index is 2.29. The molecule has 0 radical (unpaired) electrons. The lowest BCUT2D eigenvalue weighted by atomic mass is 10.2.